The highest BCUT2D eigenvalue weighted by atomic mass is 16.6. The molecule has 1 unspecified atom stereocenters. The monoisotopic (exact) mass is 275 g/mol. The van der Waals surface area contributed by atoms with Crippen molar-refractivity contribution in [2.45, 2.75) is 45.1 Å². The third kappa shape index (κ3) is 1.88. The van der Waals surface area contributed by atoms with E-state index in [9.17, 15) is 14.9 Å². The summed E-state index contributed by atoms with van der Waals surface area (Å²) >= 11 is 0. The number of hydrogen-bond donors (Lipinski definition) is 0. The van der Waals surface area contributed by atoms with Crippen LogP contribution in [0.2, 0.25) is 0 Å². The van der Waals surface area contributed by atoms with Gasteiger partial charge in [-0.3, -0.25) is 14.9 Å². The molecule has 5 nitrogen and oxygen atoms in total. The molecule has 2 aliphatic carbocycles. The number of benzene rings is 1. The minimum absolute atomic E-state index is 0.0577. The summed E-state index contributed by atoms with van der Waals surface area (Å²) in [4.78, 5) is 22.2. The van der Waals surface area contributed by atoms with Crippen LogP contribution in [0.4, 0.5) is 5.69 Å². The maximum atomic E-state index is 11.9. The van der Waals surface area contributed by atoms with Crippen molar-refractivity contribution >= 4 is 11.5 Å². The van der Waals surface area contributed by atoms with Crippen molar-refractivity contribution in [1.29, 1.82) is 0 Å². The highest BCUT2D eigenvalue weighted by Gasteiger charge is 2.57. The van der Waals surface area contributed by atoms with Crippen LogP contribution >= 0.6 is 0 Å². The molecule has 1 spiro atoms. The van der Waals surface area contributed by atoms with Gasteiger partial charge in [0.25, 0.3) is 5.69 Å². The predicted octanol–water partition coefficient (Wildman–Crippen LogP) is 3.18. The molecular formula is C15H17NO4. The van der Waals surface area contributed by atoms with Gasteiger partial charge in [0.2, 0.25) is 0 Å². The maximum absolute atomic E-state index is 11.9. The zero-order chi connectivity index (χ0) is 14.3. The van der Waals surface area contributed by atoms with Gasteiger partial charge in [-0.15, -0.1) is 0 Å². The van der Waals surface area contributed by atoms with E-state index in [-0.39, 0.29) is 17.2 Å². The molecule has 0 saturated heterocycles. The van der Waals surface area contributed by atoms with E-state index in [0.717, 1.165) is 31.2 Å². The van der Waals surface area contributed by atoms with E-state index < -0.39 is 4.92 Å². The first-order valence-electron chi connectivity index (χ1n) is 6.98. The number of nitrogens with zero attached hydrogens (tertiary/aromatic N) is 1. The highest BCUT2D eigenvalue weighted by Crippen LogP contribution is 2.52. The summed E-state index contributed by atoms with van der Waals surface area (Å²) in [5.74, 6) is 0.971. The lowest BCUT2D eigenvalue weighted by Crippen LogP contribution is -2.55. The topological polar surface area (TPSA) is 69.4 Å². The van der Waals surface area contributed by atoms with E-state index in [1.54, 1.807) is 13.0 Å². The number of hydrogen-bond acceptors (Lipinski definition) is 4. The van der Waals surface area contributed by atoms with Crippen LogP contribution in [-0.2, 0) is 4.79 Å². The maximum Gasteiger partial charge on any atom is 0.269 e. The molecule has 0 amide bonds. The summed E-state index contributed by atoms with van der Waals surface area (Å²) in [5, 5.41) is 10.7. The smallest absolute Gasteiger partial charge is 0.269 e. The molecule has 0 aliphatic heterocycles. The Morgan fingerprint density at radius 1 is 1.35 bits per heavy atom. The zero-order valence-electron chi connectivity index (χ0n) is 11.4. The minimum Gasteiger partial charge on any atom is -0.489 e. The Kier molecular flexibility index (Phi) is 3.00. The van der Waals surface area contributed by atoms with E-state index in [1.807, 2.05) is 0 Å². The average Bonchev–Trinajstić information content (AvgIpc) is 2.92. The summed E-state index contributed by atoms with van der Waals surface area (Å²) < 4.78 is 5.98. The molecule has 0 bridgehead atoms. The van der Waals surface area contributed by atoms with Crippen LogP contribution in [0.5, 0.6) is 5.75 Å². The van der Waals surface area contributed by atoms with E-state index in [0.29, 0.717) is 18.0 Å². The third-order valence-electron chi connectivity index (χ3n) is 4.68. The van der Waals surface area contributed by atoms with Crippen LogP contribution < -0.4 is 4.74 Å². The molecule has 0 radical (unpaired) electrons. The van der Waals surface area contributed by atoms with Crippen molar-refractivity contribution in [3.8, 4) is 5.75 Å². The molecule has 1 aromatic rings. The summed E-state index contributed by atoms with van der Waals surface area (Å²) in [6, 6.07) is 4.60. The molecule has 20 heavy (non-hydrogen) atoms. The van der Waals surface area contributed by atoms with E-state index >= 15 is 0 Å². The zero-order valence-corrected chi connectivity index (χ0v) is 11.4. The van der Waals surface area contributed by atoms with Crippen LogP contribution in [0.3, 0.4) is 0 Å². The standard InChI is InChI=1S/C15H17NO4/c1-10-8-11(16(18)19)4-5-12(10)20-14-9-13(17)15(14)6-2-3-7-15/h4-5,8,14H,2-3,6-7,9H2,1H3. The molecule has 0 N–H and O–H groups in total. The summed E-state index contributed by atoms with van der Waals surface area (Å²) in [5.41, 5.74) is 0.538. The van der Waals surface area contributed by atoms with Gasteiger partial charge in [0, 0.05) is 18.6 Å². The number of carbonyl (C=O) groups excluding carboxylic acids is 1. The Hall–Kier alpha value is -1.91. The molecule has 106 valence electrons. The molecule has 0 aromatic heterocycles. The number of rotatable bonds is 3. The second-order valence-electron chi connectivity index (χ2n) is 5.80. The van der Waals surface area contributed by atoms with Gasteiger partial charge in [0.1, 0.15) is 17.6 Å². The Labute approximate surface area is 117 Å². The van der Waals surface area contributed by atoms with Crippen molar-refractivity contribution in [2.75, 3.05) is 0 Å². The molecule has 3 rings (SSSR count). The Morgan fingerprint density at radius 2 is 2.05 bits per heavy atom. The quantitative estimate of drug-likeness (QED) is 0.627. The molecular weight excluding hydrogens is 258 g/mol. The van der Waals surface area contributed by atoms with Crippen molar-refractivity contribution in [3.63, 3.8) is 0 Å². The number of aryl methyl sites for hydroxylation is 1. The number of carbonyl (C=O) groups is 1. The average molecular weight is 275 g/mol. The Balaban J connectivity index is 1.79. The van der Waals surface area contributed by atoms with Crippen LogP contribution in [0.1, 0.15) is 37.7 Å². The first-order valence-corrected chi connectivity index (χ1v) is 6.98. The fourth-order valence-corrected chi connectivity index (χ4v) is 3.41. The SMILES string of the molecule is Cc1cc([N+](=O)[O-])ccc1OC1CC(=O)C12CCCC2. The van der Waals surface area contributed by atoms with Gasteiger partial charge in [-0.2, -0.15) is 0 Å². The molecule has 2 saturated carbocycles. The summed E-state index contributed by atoms with van der Waals surface area (Å²) in [6.07, 6.45) is 4.43. The Morgan fingerprint density at radius 3 is 2.60 bits per heavy atom. The summed E-state index contributed by atoms with van der Waals surface area (Å²) in [6.45, 7) is 1.80. The van der Waals surface area contributed by atoms with Gasteiger partial charge in [0.15, 0.2) is 0 Å². The first kappa shape index (κ1) is 13.1. The molecule has 1 atom stereocenters. The molecule has 1 aromatic carbocycles. The Bertz CT molecular complexity index is 575. The minimum atomic E-state index is -0.415. The lowest BCUT2D eigenvalue weighted by molar-refractivity contribution is -0.384. The molecule has 2 aliphatic rings. The van der Waals surface area contributed by atoms with Crippen molar-refractivity contribution in [2.24, 2.45) is 5.41 Å². The van der Waals surface area contributed by atoms with Crippen LogP contribution in [0.15, 0.2) is 18.2 Å². The number of ketones is 1. The van der Waals surface area contributed by atoms with E-state index in [1.165, 1.54) is 12.1 Å². The number of ether oxygens (including phenoxy) is 1. The number of Topliss-reactive ketones (excluding diaryl/α,β-unsaturated/α-hetero) is 1. The number of non-ortho nitro benzene ring substituents is 1. The normalized spacial score (nSPS) is 23.6. The first-order chi connectivity index (χ1) is 9.53. The van der Waals surface area contributed by atoms with Gasteiger partial charge in [-0.1, -0.05) is 12.8 Å². The fourth-order valence-electron chi connectivity index (χ4n) is 3.41. The van der Waals surface area contributed by atoms with E-state index in [4.69, 9.17) is 4.74 Å². The van der Waals surface area contributed by atoms with Gasteiger partial charge < -0.3 is 4.74 Å². The lowest BCUT2D eigenvalue weighted by atomic mass is 9.63. The third-order valence-corrected chi connectivity index (χ3v) is 4.68. The molecule has 5 heteroatoms. The van der Waals surface area contributed by atoms with Crippen LogP contribution in [-0.4, -0.2) is 16.8 Å². The van der Waals surface area contributed by atoms with Gasteiger partial charge in [0.05, 0.1) is 10.3 Å². The highest BCUT2D eigenvalue weighted by molar-refractivity contribution is 5.92. The fraction of sp³-hybridized carbons (Fsp3) is 0.533. The van der Waals surface area contributed by atoms with Crippen LogP contribution in [0, 0.1) is 22.5 Å². The second kappa shape index (κ2) is 4.58. The van der Waals surface area contributed by atoms with Crippen LogP contribution in [0.25, 0.3) is 0 Å². The largest absolute Gasteiger partial charge is 0.489 e. The lowest BCUT2D eigenvalue weighted by Gasteiger charge is -2.44. The van der Waals surface area contributed by atoms with Crippen molar-refractivity contribution in [1.82, 2.24) is 0 Å². The number of nitro benzene ring substituents is 1. The van der Waals surface area contributed by atoms with E-state index in [2.05, 4.69) is 0 Å². The summed E-state index contributed by atoms with van der Waals surface area (Å²) in [7, 11) is 0. The van der Waals surface area contributed by atoms with Crippen molar-refractivity contribution in [3.05, 3.63) is 33.9 Å². The van der Waals surface area contributed by atoms with Gasteiger partial charge >= 0.3 is 0 Å². The molecule has 0 heterocycles. The number of nitro groups is 1. The van der Waals surface area contributed by atoms with Gasteiger partial charge in [-0.25, -0.2) is 0 Å². The van der Waals surface area contributed by atoms with Crippen molar-refractivity contribution < 1.29 is 14.5 Å². The molecule has 2 fully saturated rings. The van der Waals surface area contributed by atoms with Gasteiger partial charge in [-0.05, 0) is 31.4 Å². The second-order valence-corrected chi connectivity index (χ2v) is 5.80. The predicted molar refractivity (Wildman–Crippen MR) is 72.8 cm³/mol.